The predicted molar refractivity (Wildman–Crippen MR) is 123 cm³/mol. The van der Waals surface area contributed by atoms with Gasteiger partial charge in [0, 0.05) is 24.8 Å². The third-order valence-electron chi connectivity index (χ3n) is 5.81. The molecule has 2 amide bonds. The second-order valence-corrected chi connectivity index (χ2v) is 8.47. The summed E-state index contributed by atoms with van der Waals surface area (Å²) in [5.74, 6) is -1.25. The maximum atomic E-state index is 13.1. The minimum absolute atomic E-state index is 0.00427. The van der Waals surface area contributed by atoms with Gasteiger partial charge in [0.05, 0.1) is 17.1 Å². The highest BCUT2D eigenvalue weighted by Gasteiger charge is 2.33. The van der Waals surface area contributed by atoms with E-state index in [9.17, 15) is 27.9 Å². The number of benzene rings is 1. The number of aromatic nitrogens is 3. The Morgan fingerprint density at radius 3 is 2.74 bits per heavy atom. The van der Waals surface area contributed by atoms with Crippen molar-refractivity contribution in [3.63, 3.8) is 0 Å². The first-order chi connectivity index (χ1) is 16.6. The molecule has 35 heavy (non-hydrogen) atoms. The third-order valence-corrected chi connectivity index (χ3v) is 6.18. The number of aromatic hydroxyl groups is 1. The van der Waals surface area contributed by atoms with Crippen LogP contribution in [-0.4, -0.2) is 49.4 Å². The molecule has 8 nitrogen and oxygen atoms in total. The number of halogens is 4. The number of carbonyl (C=O) groups excluding carboxylic acids is 2. The fourth-order valence-electron chi connectivity index (χ4n) is 4.14. The number of fused-ring (bicyclic) bond motifs is 1. The van der Waals surface area contributed by atoms with Gasteiger partial charge < -0.3 is 14.6 Å². The van der Waals surface area contributed by atoms with Gasteiger partial charge in [-0.15, -0.1) is 0 Å². The number of hydrogen-bond donors (Lipinski definition) is 2. The molecule has 184 valence electrons. The predicted octanol–water partition coefficient (Wildman–Crippen LogP) is 4.80. The number of nitrogens with one attached hydrogen (secondary N) is 1. The van der Waals surface area contributed by atoms with Crippen molar-refractivity contribution in [3.05, 3.63) is 59.4 Å². The smallest absolute Gasteiger partial charge is 0.433 e. The van der Waals surface area contributed by atoms with E-state index < -0.39 is 17.8 Å². The number of carbonyl (C=O) groups is 2. The molecule has 0 radical (unpaired) electrons. The van der Waals surface area contributed by atoms with Gasteiger partial charge in [0.25, 0.3) is 5.91 Å². The number of likely N-dealkylation sites (tertiary alicyclic amines) is 1. The van der Waals surface area contributed by atoms with Crippen LogP contribution < -0.4 is 5.32 Å². The Bertz CT molecular complexity index is 1310. The molecule has 1 fully saturated rings. The van der Waals surface area contributed by atoms with Crippen LogP contribution in [0.4, 0.5) is 19.1 Å². The number of phenolic OH excluding ortho intramolecular Hbond substituents is 1. The average molecular weight is 508 g/mol. The minimum atomic E-state index is -4.71. The Balaban J connectivity index is 1.78. The Kier molecular flexibility index (Phi) is 6.70. The van der Waals surface area contributed by atoms with E-state index >= 15 is 0 Å². The van der Waals surface area contributed by atoms with Gasteiger partial charge in [-0.25, -0.2) is 4.98 Å². The Hall–Kier alpha value is -3.60. The second-order valence-electron chi connectivity index (χ2n) is 8.09. The minimum Gasteiger partial charge on any atom is -0.506 e. The van der Waals surface area contributed by atoms with Gasteiger partial charge in [-0.1, -0.05) is 18.2 Å². The quantitative estimate of drug-likeness (QED) is 0.494. The summed E-state index contributed by atoms with van der Waals surface area (Å²) in [4.78, 5) is 34.6. The van der Waals surface area contributed by atoms with Gasteiger partial charge in [-0.05, 0) is 49.6 Å². The molecule has 3 heterocycles. The molecule has 1 aliphatic rings. The molecule has 0 aliphatic carbocycles. The van der Waals surface area contributed by atoms with E-state index in [4.69, 9.17) is 11.6 Å². The lowest BCUT2D eigenvalue weighted by Gasteiger charge is -2.26. The van der Waals surface area contributed by atoms with E-state index in [2.05, 4.69) is 21.9 Å². The van der Waals surface area contributed by atoms with Crippen LogP contribution in [0.3, 0.4) is 0 Å². The standard InChI is InChI=1S/C23H21ClF3N5O3/c1-2-18(34)31-10-4-3-5-14(12-31)32-20-15(6-7-16(33)19(20)24)29-22(32)30-21(35)13-8-9-28-17(11-13)23(25,26)27/h2,6-9,11,14,33H,1,3-5,10,12H2,(H,29,30,35). The average Bonchev–Trinajstić information content (AvgIpc) is 3.01. The zero-order valence-corrected chi connectivity index (χ0v) is 19.1. The molecular formula is C23H21ClF3N5O3. The van der Waals surface area contributed by atoms with Crippen molar-refractivity contribution in [2.24, 2.45) is 0 Å². The highest BCUT2D eigenvalue weighted by molar-refractivity contribution is 6.36. The first kappa shape index (κ1) is 24.5. The topological polar surface area (TPSA) is 100 Å². The summed E-state index contributed by atoms with van der Waals surface area (Å²) in [6, 6.07) is 4.29. The van der Waals surface area contributed by atoms with E-state index in [-0.39, 0.29) is 40.8 Å². The van der Waals surface area contributed by atoms with Gasteiger partial charge in [-0.2, -0.15) is 13.2 Å². The third kappa shape index (κ3) is 4.95. The lowest BCUT2D eigenvalue weighted by atomic mass is 10.1. The van der Waals surface area contributed by atoms with E-state index in [1.54, 1.807) is 9.47 Å². The van der Waals surface area contributed by atoms with E-state index in [1.165, 1.54) is 18.2 Å². The molecule has 1 aliphatic heterocycles. The number of pyridine rings is 1. The molecule has 1 aromatic carbocycles. The monoisotopic (exact) mass is 507 g/mol. The summed E-state index contributed by atoms with van der Waals surface area (Å²) in [7, 11) is 0. The lowest BCUT2D eigenvalue weighted by Crippen LogP contribution is -2.34. The van der Waals surface area contributed by atoms with Crippen LogP contribution in [0.2, 0.25) is 5.02 Å². The molecule has 4 rings (SSSR count). The van der Waals surface area contributed by atoms with Crippen LogP contribution in [0.1, 0.15) is 41.4 Å². The van der Waals surface area contributed by atoms with Crippen LogP contribution in [0.5, 0.6) is 5.75 Å². The zero-order valence-electron chi connectivity index (χ0n) is 18.3. The zero-order chi connectivity index (χ0) is 25.3. The molecule has 1 unspecified atom stereocenters. The molecule has 12 heteroatoms. The van der Waals surface area contributed by atoms with Gasteiger partial charge >= 0.3 is 6.18 Å². The van der Waals surface area contributed by atoms with Crippen molar-refractivity contribution in [2.45, 2.75) is 31.5 Å². The van der Waals surface area contributed by atoms with Gasteiger partial charge in [0.15, 0.2) is 0 Å². The maximum absolute atomic E-state index is 13.1. The van der Waals surface area contributed by atoms with Crippen molar-refractivity contribution in [3.8, 4) is 5.75 Å². The first-order valence-corrected chi connectivity index (χ1v) is 11.1. The van der Waals surface area contributed by atoms with E-state index in [0.29, 0.717) is 30.1 Å². The molecule has 2 N–H and O–H groups in total. The van der Waals surface area contributed by atoms with E-state index in [0.717, 1.165) is 25.1 Å². The summed E-state index contributed by atoms with van der Waals surface area (Å²) in [6.45, 7) is 4.32. The lowest BCUT2D eigenvalue weighted by molar-refractivity contribution is -0.141. The highest BCUT2D eigenvalue weighted by Crippen LogP contribution is 2.38. The Morgan fingerprint density at radius 1 is 1.26 bits per heavy atom. The van der Waals surface area contributed by atoms with Crippen LogP contribution >= 0.6 is 11.6 Å². The number of imidazole rings is 1. The molecular weight excluding hydrogens is 487 g/mol. The molecule has 1 saturated heterocycles. The van der Waals surface area contributed by atoms with Crippen LogP contribution in [0.15, 0.2) is 43.1 Å². The SMILES string of the molecule is C=CC(=O)N1CCCCC(n2c(NC(=O)c3ccnc(C(F)(F)F)c3)nc3ccc(O)c(Cl)c32)C1. The number of amides is 2. The number of alkyl halides is 3. The highest BCUT2D eigenvalue weighted by atomic mass is 35.5. The van der Waals surface area contributed by atoms with Crippen LogP contribution in [0.25, 0.3) is 11.0 Å². The van der Waals surface area contributed by atoms with E-state index in [1.807, 2.05) is 0 Å². The van der Waals surface area contributed by atoms with Crippen LogP contribution in [-0.2, 0) is 11.0 Å². The molecule has 1 atom stereocenters. The van der Waals surface area contributed by atoms with Gasteiger partial charge in [0.1, 0.15) is 16.5 Å². The number of phenols is 1. The number of rotatable bonds is 4. The maximum Gasteiger partial charge on any atom is 0.433 e. The molecule has 2 aromatic heterocycles. The fourth-order valence-corrected chi connectivity index (χ4v) is 4.39. The summed E-state index contributed by atoms with van der Waals surface area (Å²) in [5.41, 5.74) is -0.761. The molecule has 3 aromatic rings. The van der Waals surface area contributed by atoms with Crippen molar-refractivity contribution >= 4 is 40.4 Å². The molecule has 0 spiro atoms. The normalized spacial score (nSPS) is 16.7. The van der Waals surface area contributed by atoms with Crippen LogP contribution in [0, 0.1) is 0 Å². The second kappa shape index (κ2) is 9.57. The first-order valence-electron chi connectivity index (χ1n) is 10.8. The number of hydrogen-bond acceptors (Lipinski definition) is 5. The van der Waals surface area contributed by atoms with Crippen molar-refractivity contribution in [1.29, 1.82) is 0 Å². The largest absolute Gasteiger partial charge is 0.506 e. The summed E-state index contributed by atoms with van der Waals surface area (Å²) in [6.07, 6.45) is -0.475. The van der Waals surface area contributed by atoms with Gasteiger partial charge in [0.2, 0.25) is 11.9 Å². The van der Waals surface area contributed by atoms with Gasteiger partial charge in [-0.3, -0.25) is 19.9 Å². The summed E-state index contributed by atoms with van der Waals surface area (Å²) >= 11 is 6.40. The Morgan fingerprint density at radius 2 is 2.03 bits per heavy atom. The Labute approximate surface area is 203 Å². The summed E-state index contributed by atoms with van der Waals surface area (Å²) in [5, 5.41) is 12.8. The van der Waals surface area contributed by atoms with Crippen molar-refractivity contribution in [2.75, 3.05) is 18.4 Å². The fraction of sp³-hybridized carbons (Fsp3) is 0.304. The molecule has 0 saturated carbocycles. The number of nitrogens with zero attached hydrogens (tertiary/aromatic N) is 4. The number of anilines is 1. The van der Waals surface area contributed by atoms with Crippen molar-refractivity contribution < 1.29 is 27.9 Å². The van der Waals surface area contributed by atoms with Crippen molar-refractivity contribution in [1.82, 2.24) is 19.4 Å². The summed E-state index contributed by atoms with van der Waals surface area (Å²) < 4.78 is 40.8. The molecule has 0 bridgehead atoms.